The second-order valence-electron chi connectivity index (χ2n) is 4.68. The second-order valence-corrected chi connectivity index (χ2v) is 4.68. The first kappa shape index (κ1) is 9.47. The molecule has 0 aromatic heterocycles. The highest BCUT2D eigenvalue weighted by Crippen LogP contribution is 2.30. The Labute approximate surface area is 81.5 Å². The molecule has 13 heavy (non-hydrogen) atoms. The third-order valence-electron chi connectivity index (χ3n) is 3.43. The zero-order chi connectivity index (χ0) is 9.10. The summed E-state index contributed by atoms with van der Waals surface area (Å²) in [6, 6.07) is 1.71. The van der Waals surface area contributed by atoms with Gasteiger partial charge in [0.25, 0.3) is 0 Å². The molecule has 2 atom stereocenters. The van der Waals surface area contributed by atoms with Crippen molar-refractivity contribution in [3.8, 4) is 0 Å². The van der Waals surface area contributed by atoms with Crippen molar-refractivity contribution >= 4 is 0 Å². The van der Waals surface area contributed by atoms with E-state index in [9.17, 15) is 0 Å². The second kappa shape index (κ2) is 4.43. The fourth-order valence-corrected chi connectivity index (χ4v) is 2.82. The number of hydrogen-bond acceptors (Lipinski definition) is 2. The minimum absolute atomic E-state index is 0.854. The van der Waals surface area contributed by atoms with Crippen molar-refractivity contribution in [2.45, 2.75) is 51.1 Å². The molecule has 0 radical (unpaired) electrons. The Morgan fingerprint density at radius 2 is 1.92 bits per heavy atom. The molecule has 76 valence electrons. The van der Waals surface area contributed by atoms with E-state index in [0.29, 0.717) is 0 Å². The van der Waals surface area contributed by atoms with Crippen molar-refractivity contribution in [2.24, 2.45) is 5.92 Å². The van der Waals surface area contributed by atoms with Crippen LogP contribution in [-0.4, -0.2) is 25.2 Å². The van der Waals surface area contributed by atoms with Crippen LogP contribution in [0.4, 0.5) is 0 Å². The van der Waals surface area contributed by atoms with Crippen molar-refractivity contribution in [2.75, 3.05) is 13.1 Å². The van der Waals surface area contributed by atoms with Gasteiger partial charge < -0.3 is 10.6 Å². The first-order valence-electron chi connectivity index (χ1n) is 5.85. The SMILES string of the molecule is CCCNCC1CC2CCC(C1)N2. The largest absolute Gasteiger partial charge is 0.316 e. The number of fused-ring (bicyclic) bond motifs is 2. The van der Waals surface area contributed by atoms with Crippen LogP contribution in [0, 0.1) is 5.92 Å². The molecule has 2 N–H and O–H groups in total. The average Bonchev–Trinajstić information content (AvgIpc) is 2.46. The van der Waals surface area contributed by atoms with Gasteiger partial charge in [0.15, 0.2) is 0 Å². The lowest BCUT2D eigenvalue weighted by Crippen LogP contribution is -2.41. The maximum Gasteiger partial charge on any atom is 0.00733 e. The molecule has 2 saturated heterocycles. The van der Waals surface area contributed by atoms with Crippen molar-refractivity contribution in [1.82, 2.24) is 10.6 Å². The van der Waals surface area contributed by atoms with Gasteiger partial charge in [-0.05, 0) is 51.1 Å². The first-order valence-corrected chi connectivity index (χ1v) is 5.85. The molecule has 0 aromatic rings. The Kier molecular flexibility index (Phi) is 3.23. The summed E-state index contributed by atoms with van der Waals surface area (Å²) >= 11 is 0. The maximum absolute atomic E-state index is 3.68. The molecule has 2 unspecified atom stereocenters. The Morgan fingerprint density at radius 1 is 1.23 bits per heavy atom. The predicted octanol–water partition coefficient (Wildman–Crippen LogP) is 1.52. The molecule has 2 heterocycles. The monoisotopic (exact) mass is 182 g/mol. The molecule has 2 rings (SSSR count). The molecule has 2 nitrogen and oxygen atoms in total. The predicted molar refractivity (Wildman–Crippen MR) is 55.8 cm³/mol. The van der Waals surface area contributed by atoms with E-state index in [2.05, 4.69) is 17.6 Å². The first-order chi connectivity index (χ1) is 6.38. The zero-order valence-electron chi connectivity index (χ0n) is 8.68. The van der Waals surface area contributed by atoms with E-state index in [1.54, 1.807) is 0 Å². The summed E-state index contributed by atoms with van der Waals surface area (Å²) in [5, 5.41) is 7.23. The van der Waals surface area contributed by atoms with Crippen molar-refractivity contribution in [3.05, 3.63) is 0 Å². The zero-order valence-corrected chi connectivity index (χ0v) is 8.68. The van der Waals surface area contributed by atoms with Gasteiger partial charge in [0.05, 0.1) is 0 Å². The van der Waals surface area contributed by atoms with Crippen LogP contribution in [0.1, 0.15) is 39.0 Å². The molecule has 2 bridgehead atoms. The fourth-order valence-electron chi connectivity index (χ4n) is 2.82. The van der Waals surface area contributed by atoms with Gasteiger partial charge in [-0.3, -0.25) is 0 Å². The highest BCUT2D eigenvalue weighted by atomic mass is 15.0. The van der Waals surface area contributed by atoms with E-state index in [-0.39, 0.29) is 0 Å². The van der Waals surface area contributed by atoms with Crippen molar-refractivity contribution in [1.29, 1.82) is 0 Å². The Morgan fingerprint density at radius 3 is 2.54 bits per heavy atom. The third-order valence-corrected chi connectivity index (χ3v) is 3.43. The Balaban J connectivity index is 1.69. The minimum Gasteiger partial charge on any atom is -0.316 e. The van der Waals surface area contributed by atoms with Gasteiger partial charge in [0, 0.05) is 12.1 Å². The highest BCUT2D eigenvalue weighted by molar-refractivity contribution is 4.92. The molecule has 0 saturated carbocycles. The summed E-state index contributed by atoms with van der Waals surface area (Å²) in [4.78, 5) is 0. The summed E-state index contributed by atoms with van der Waals surface area (Å²) in [6.07, 6.45) is 6.93. The van der Waals surface area contributed by atoms with Gasteiger partial charge in [-0.2, -0.15) is 0 Å². The quantitative estimate of drug-likeness (QED) is 0.644. The van der Waals surface area contributed by atoms with Gasteiger partial charge in [-0.1, -0.05) is 6.92 Å². The molecule has 2 fully saturated rings. The van der Waals surface area contributed by atoms with Crippen LogP contribution in [0.15, 0.2) is 0 Å². The van der Waals surface area contributed by atoms with Crippen LogP contribution in [0.3, 0.4) is 0 Å². The summed E-state index contributed by atoms with van der Waals surface area (Å²) in [5.74, 6) is 0.949. The van der Waals surface area contributed by atoms with Gasteiger partial charge in [0.2, 0.25) is 0 Å². The topological polar surface area (TPSA) is 24.1 Å². The van der Waals surface area contributed by atoms with Gasteiger partial charge in [0.1, 0.15) is 0 Å². The Bertz CT molecular complexity index is 146. The van der Waals surface area contributed by atoms with Crippen LogP contribution >= 0.6 is 0 Å². The van der Waals surface area contributed by atoms with Crippen LogP contribution in [-0.2, 0) is 0 Å². The molecule has 2 aliphatic rings. The van der Waals surface area contributed by atoms with Gasteiger partial charge >= 0.3 is 0 Å². The standard InChI is InChI=1S/C11H22N2/c1-2-5-12-8-9-6-10-3-4-11(7-9)13-10/h9-13H,2-8H2,1H3. The van der Waals surface area contributed by atoms with Crippen LogP contribution < -0.4 is 10.6 Å². The van der Waals surface area contributed by atoms with Crippen LogP contribution in [0.5, 0.6) is 0 Å². The van der Waals surface area contributed by atoms with E-state index in [0.717, 1.165) is 18.0 Å². The van der Waals surface area contributed by atoms with Gasteiger partial charge in [-0.25, -0.2) is 0 Å². The minimum atomic E-state index is 0.854. The molecule has 0 aliphatic carbocycles. The van der Waals surface area contributed by atoms with E-state index in [4.69, 9.17) is 0 Å². The summed E-state index contributed by atoms with van der Waals surface area (Å²) < 4.78 is 0. The molecule has 0 amide bonds. The molecule has 2 heteroatoms. The number of piperidine rings is 1. The lowest BCUT2D eigenvalue weighted by atomic mass is 9.92. The third kappa shape index (κ3) is 2.44. The lowest BCUT2D eigenvalue weighted by Gasteiger charge is -2.29. The summed E-state index contributed by atoms with van der Waals surface area (Å²) in [6.45, 7) is 4.68. The molecule has 0 spiro atoms. The molecular formula is C11H22N2. The lowest BCUT2D eigenvalue weighted by molar-refractivity contribution is 0.291. The van der Waals surface area contributed by atoms with E-state index in [1.165, 1.54) is 45.2 Å². The van der Waals surface area contributed by atoms with E-state index < -0.39 is 0 Å². The van der Waals surface area contributed by atoms with Crippen molar-refractivity contribution in [3.63, 3.8) is 0 Å². The molecule has 2 aliphatic heterocycles. The van der Waals surface area contributed by atoms with Crippen LogP contribution in [0.2, 0.25) is 0 Å². The highest BCUT2D eigenvalue weighted by Gasteiger charge is 2.32. The molecular weight excluding hydrogens is 160 g/mol. The average molecular weight is 182 g/mol. The summed E-state index contributed by atoms with van der Waals surface area (Å²) in [5.41, 5.74) is 0. The number of hydrogen-bond donors (Lipinski definition) is 2. The number of nitrogens with one attached hydrogen (secondary N) is 2. The normalized spacial score (nSPS) is 38.1. The van der Waals surface area contributed by atoms with E-state index in [1.807, 2.05) is 0 Å². The van der Waals surface area contributed by atoms with Gasteiger partial charge in [-0.15, -0.1) is 0 Å². The number of rotatable bonds is 4. The maximum atomic E-state index is 3.68. The summed E-state index contributed by atoms with van der Waals surface area (Å²) in [7, 11) is 0. The molecule has 0 aromatic carbocycles. The van der Waals surface area contributed by atoms with Crippen molar-refractivity contribution < 1.29 is 0 Å². The van der Waals surface area contributed by atoms with Crippen LogP contribution in [0.25, 0.3) is 0 Å². The Hall–Kier alpha value is -0.0800. The smallest absolute Gasteiger partial charge is 0.00733 e. The fraction of sp³-hybridized carbons (Fsp3) is 1.00. The van der Waals surface area contributed by atoms with E-state index >= 15 is 0 Å².